The summed E-state index contributed by atoms with van der Waals surface area (Å²) in [6.07, 6.45) is 21.7. The van der Waals surface area contributed by atoms with Crippen LogP contribution in [0, 0.1) is 11.8 Å². The van der Waals surface area contributed by atoms with Crippen molar-refractivity contribution in [1.82, 2.24) is 0 Å². The van der Waals surface area contributed by atoms with E-state index in [1.54, 1.807) is 0 Å². The topological polar surface area (TPSA) is 52.6 Å². The summed E-state index contributed by atoms with van der Waals surface area (Å²) in [7, 11) is 1.43. The van der Waals surface area contributed by atoms with Crippen molar-refractivity contribution in [3.63, 3.8) is 0 Å². The summed E-state index contributed by atoms with van der Waals surface area (Å²) in [6, 6.07) is 0. The van der Waals surface area contributed by atoms with Crippen molar-refractivity contribution in [2.24, 2.45) is 11.8 Å². The molecule has 0 amide bonds. The van der Waals surface area contributed by atoms with Crippen LogP contribution in [0.1, 0.15) is 64.7 Å². The molecular weight excluding hydrogens is 420 g/mol. The number of rotatable bonds is 15. The number of thioether (sulfide) groups is 1. The molecule has 0 aromatic carbocycles. The molecule has 5 heteroatoms. The molecule has 2 rings (SSSR count). The van der Waals surface area contributed by atoms with E-state index < -0.39 is 0 Å². The van der Waals surface area contributed by atoms with Crippen molar-refractivity contribution in [3.05, 3.63) is 47.6 Å². The van der Waals surface area contributed by atoms with Crippen LogP contribution in [-0.4, -0.2) is 43.6 Å². The molecule has 1 saturated carbocycles. The molecule has 0 radical (unpaired) electrons. The van der Waals surface area contributed by atoms with Gasteiger partial charge in [0.05, 0.1) is 13.7 Å². The van der Waals surface area contributed by atoms with Crippen LogP contribution in [0.2, 0.25) is 0 Å². The van der Waals surface area contributed by atoms with Crippen LogP contribution in [0.3, 0.4) is 0 Å². The van der Waals surface area contributed by atoms with Gasteiger partial charge in [0.2, 0.25) is 0 Å². The van der Waals surface area contributed by atoms with Crippen LogP contribution in [0.5, 0.6) is 0 Å². The lowest BCUT2D eigenvalue weighted by Gasteiger charge is -2.14. The van der Waals surface area contributed by atoms with Crippen LogP contribution >= 0.6 is 11.8 Å². The highest BCUT2D eigenvalue weighted by Gasteiger charge is 2.32. The zero-order chi connectivity index (χ0) is 23.0. The lowest BCUT2D eigenvalue weighted by molar-refractivity contribution is -0.140. The van der Waals surface area contributed by atoms with E-state index in [9.17, 15) is 9.59 Å². The van der Waals surface area contributed by atoms with Crippen LogP contribution in [0.25, 0.3) is 0 Å². The number of carbonyl (C=O) groups is 2. The summed E-state index contributed by atoms with van der Waals surface area (Å²) in [4.78, 5) is 23.5. The third-order valence-corrected chi connectivity index (χ3v) is 7.18. The van der Waals surface area contributed by atoms with Crippen molar-refractivity contribution in [2.45, 2.75) is 64.7 Å². The monoisotopic (exact) mass is 460 g/mol. The van der Waals surface area contributed by atoms with Gasteiger partial charge in [-0.1, -0.05) is 42.0 Å². The Labute approximate surface area is 198 Å². The number of allylic oxidation sites excluding steroid dienone is 6. The van der Waals surface area contributed by atoms with Gasteiger partial charge < -0.3 is 9.47 Å². The minimum Gasteiger partial charge on any atom is -0.469 e. The second-order valence-electron chi connectivity index (χ2n) is 8.45. The molecule has 2 atom stereocenters. The van der Waals surface area contributed by atoms with E-state index >= 15 is 0 Å². The average molecular weight is 461 g/mol. The maximum absolute atomic E-state index is 12.4. The summed E-state index contributed by atoms with van der Waals surface area (Å²) in [5.74, 6) is 2.94. The number of hydrogen-bond acceptors (Lipinski definition) is 5. The molecular formula is C27H40O4S. The van der Waals surface area contributed by atoms with Gasteiger partial charge in [-0.2, -0.15) is 11.8 Å². The highest BCUT2D eigenvalue weighted by atomic mass is 32.2. The smallest absolute Gasteiger partial charge is 0.305 e. The van der Waals surface area contributed by atoms with Gasteiger partial charge in [0.1, 0.15) is 5.78 Å². The fourth-order valence-corrected chi connectivity index (χ4v) is 5.18. The van der Waals surface area contributed by atoms with Crippen molar-refractivity contribution >= 4 is 23.5 Å². The molecule has 0 aliphatic heterocycles. The first-order chi connectivity index (χ1) is 15.6. The van der Waals surface area contributed by atoms with Crippen molar-refractivity contribution in [1.29, 1.82) is 0 Å². The number of esters is 1. The minimum atomic E-state index is -0.134. The van der Waals surface area contributed by atoms with Crippen LogP contribution in [-0.2, 0) is 19.1 Å². The Hall–Kier alpha value is -1.59. The zero-order valence-corrected chi connectivity index (χ0v) is 20.7. The Kier molecular flexibility index (Phi) is 13.4. The Bertz CT molecular complexity index is 704. The number of hydrogen-bond donors (Lipinski definition) is 0. The fraction of sp³-hybridized carbons (Fsp3) is 0.630. The summed E-state index contributed by atoms with van der Waals surface area (Å²) in [6.45, 7) is 3.44. The van der Waals surface area contributed by atoms with Crippen LogP contribution < -0.4 is 0 Å². The molecule has 2 aliphatic rings. The van der Waals surface area contributed by atoms with Crippen LogP contribution in [0.4, 0.5) is 0 Å². The molecule has 178 valence electrons. The van der Waals surface area contributed by atoms with Crippen LogP contribution in [0.15, 0.2) is 47.6 Å². The molecule has 2 aliphatic carbocycles. The lowest BCUT2D eigenvalue weighted by Crippen LogP contribution is -2.13. The molecule has 32 heavy (non-hydrogen) atoms. The quantitative estimate of drug-likeness (QED) is 0.165. The molecule has 0 heterocycles. The average Bonchev–Trinajstić information content (AvgIpc) is 2.99. The molecule has 1 fully saturated rings. The van der Waals surface area contributed by atoms with Crippen molar-refractivity contribution in [2.75, 3.05) is 31.8 Å². The molecule has 0 unspecified atom stereocenters. The second kappa shape index (κ2) is 16.1. The number of ketones is 1. The summed E-state index contributed by atoms with van der Waals surface area (Å²) >= 11 is 1.87. The van der Waals surface area contributed by atoms with E-state index in [1.165, 1.54) is 18.3 Å². The Morgan fingerprint density at radius 2 is 2.09 bits per heavy atom. The standard InChI is InChI=1S/C27H40O4S/c1-3-31-21-23-12-5-4-10-22(20-23)11-6-7-13-24-16-17-26(28)25(24)14-8-18-32-19-9-15-27(29)30-2/h5,7,10,12-13,20,24-25H,3-4,6,8-9,11,14-19,21H2,1-2H3/b13-7+/t24-,25+/m0/s1. The van der Waals surface area contributed by atoms with Gasteiger partial charge in [-0.05, 0) is 74.9 Å². The van der Waals surface area contributed by atoms with Gasteiger partial charge in [0, 0.05) is 25.4 Å². The highest BCUT2D eigenvalue weighted by molar-refractivity contribution is 7.99. The van der Waals surface area contributed by atoms with E-state index in [2.05, 4.69) is 41.2 Å². The van der Waals surface area contributed by atoms with Crippen molar-refractivity contribution < 1.29 is 19.1 Å². The molecule has 0 spiro atoms. The summed E-state index contributed by atoms with van der Waals surface area (Å²) in [5, 5.41) is 0. The SMILES string of the molecule is CCOCC1=CC(CC/C=C/[C@H]2CCC(=O)[C@@H]2CCCSCCCC(=O)OC)=CCC=C1. The number of Topliss-reactive ketones (excluding diaryl/α,β-unsaturated/α-hetero) is 1. The van der Waals surface area contributed by atoms with Gasteiger partial charge in [-0.25, -0.2) is 0 Å². The minimum absolute atomic E-state index is 0.134. The van der Waals surface area contributed by atoms with E-state index in [4.69, 9.17) is 4.74 Å². The highest BCUT2D eigenvalue weighted by Crippen LogP contribution is 2.34. The lowest BCUT2D eigenvalue weighted by atomic mass is 9.90. The van der Waals surface area contributed by atoms with Gasteiger partial charge >= 0.3 is 5.97 Å². The predicted octanol–water partition coefficient (Wildman–Crippen LogP) is 6.23. The van der Waals surface area contributed by atoms with E-state index in [0.717, 1.165) is 69.5 Å². The van der Waals surface area contributed by atoms with E-state index in [-0.39, 0.29) is 11.9 Å². The molecule has 0 aromatic heterocycles. The summed E-state index contributed by atoms with van der Waals surface area (Å²) < 4.78 is 10.2. The Morgan fingerprint density at radius 1 is 1.25 bits per heavy atom. The number of carbonyl (C=O) groups excluding carboxylic acids is 2. The molecule has 0 bridgehead atoms. The Balaban J connectivity index is 1.68. The zero-order valence-electron chi connectivity index (χ0n) is 19.9. The second-order valence-corrected chi connectivity index (χ2v) is 9.67. The van der Waals surface area contributed by atoms with E-state index in [1.807, 2.05) is 18.7 Å². The molecule has 4 nitrogen and oxygen atoms in total. The maximum Gasteiger partial charge on any atom is 0.305 e. The van der Waals surface area contributed by atoms with Gasteiger partial charge in [-0.15, -0.1) is 0 Å². The first-order valence-electron chi connectivity index (χ1n) is 12.1. The van der Waals surface area contributed by atoms with Gasteiger partial charge in [0.25, 0.3) is 0 Å². The third kappa shape index (κ3) is 10.4. The Morgan fingerprint density at radius 3 is 2.91 bits per heavy atom. The first-order valence-corrected chi connectivity index (χ1v) is 13.3. The van der Waals surface area contributed by atoms with Gasteiger partial charge in [0.15, 0.2) is 0 Å². The normalized spacial score (nSPS) is 21.0. The maximum atomic E-state index is 12.4. The molecule has 0 N–H and O–H groups in total. The first kappa shape index (κ1) is 26.7. The molecule has 0 saturated heterocycles. The molecule has 0 aromatic rings. The number of methoxy groups -OCH3 is 1. The fourth-order valence-electron chi connectivity index (χ4n) is 4.26. The third-order valence-electron chi connectivity index (χ3n) is 6.03. The largest absolute Gasteiger partial charge is 0.469 e. The summed E-state index contributed by atoms with van der Waals surface area (Å²) in [5.41, 5.74) is 2.61. The number of ether oxygens (including phenoxy) is 2. The predicted molar refractivity (Wildman–Crippen MR) is 134 cm³/mol. The van der Waals surface area contributed by atoms with Crippen molar-refractivity contribution in [3.8, 4) is 0 Å². The van der Waals surface area contributed by atoms with Gasteiger partial charge in [-0.3, -0.25) is 9.59 Å². The van der Waals surface area contributed by atoms with E-state index in [0.29, 0.717) is 24.7 Å².